The molecule has 0 aromatic heterocycles. The maximum Gasteiger partial charge on any atom is 0.333 e. The summed E-state index contributed by atoms with van der Waals surface area (Å²) in [6, 6.07) is 15.7. The number of hydrogen-bond donors (Lipinski definition) is 0. The zero-order chi connectivity index (χ0) is 24.1. The molecule has 2 aromatic rings. The molecule has 0 amide bonds. The van der Waals surface area contributed by atoms with Gasteiger partial charge in [-0.25, -0.2) is 9.59 Å². The van der Waals surface area contributed by atoms with Gasteiger partial charge in [-0.15, -0.1) is 0 Å². The maximum atomic E-state index is 11.3. The summed E-state index contributed by atoms with van der Waals surface area (Å²) in [6.07, 6.45) is 1.23. The van der Waals surface area contributed by atoms with Crippen molar-refractivity contribution in [1.29, 1.82) is 0 Å². The van der Waals surface area contributed by atoms with Gasteiger partial charge in [0.05, 0.1) is 26.4 Å². The molecular weight excluding hydrogens is 440 g/mol. The largest absolute Gasteiger partial charge is 0.493 e. The van der Waals surface area contributed by atoms with Gasteiger partial charge in [0, 0.05) is 33.8 Å². The number of hydrogen-bond acceptors (Lipinski definition) is 7. The summed E-state index contributed by atoms with van der Waals surface area (Å²) in [6.45, 7) is 11.9. The lowest BCUT2D eigenvalue weighted by Gasteiger charge is -2.09. The monoisotopic (exact) mass is 470 g/mol. The SMILES string of the molecule is C=C(C)C(=O)OCCCOc1ccc(Sc2ccc(OCCCOC(=O)C(=C)C)cc2)cc1. The fourth-order valence-electron chi connectivity index (χ4n) is 2.42. The molecular formula is C26H30O6S. The van der Waals surface area contributed by atoms with Crippen molar-refractivity contribution in [2.75, 3.05) is 26.4 Å². The van der Waals surface area contributed by atoms with Gasteiger partial charge in [0.1, 0.15) is 11.5 Å². The van der Waals surface area contributed by atoms with E-state index >= 15 is 0 Å². The number of esters is 2. The summed E-state index contributed by atoms with van der Waals surface area (Å²) in [4.78, 5) is 24.8. The summed E-state index contributed by atoms with van der Waals surface area (Å²) in [5.74, 6) is 0.779. The van der Waals surface area contributed by atoms with Crippen LogP contribution in [-0.4, -0.2) is 38.4 Å². The first-order valence-corrected chi connectivity index (χ1v) is 11.5. The number of carbonyl (C=O) groups excluding carboxylic acids is 2. The highest BCUT2D eigenvalue weighted by Gasteiger charge is 2.04. The van der Waals surface area contributed by atoms with Crippen molar-refractivity contribution in [2.45, 2.75) is 36.5 Å². The van der Waals surface area contributed by atoms with Gasteiger partial charge in [-0.1, -0.05) is 24.9 Å². The number of ether oxygens (including phenoxy) is 4. The Morgan fingerprint density at radius 3 is 1.36 bits per heavy atom. The fraction of sp³-hybridized carbons (Fsp3) is 0.308. The van der Waals surface area contributed by atoms with Gasteiger partial charge in [0.2, 0.25) is 0 Å². The summed E-state index contributed by atoms with van der Waals surface area (Å²) in [7, 11) is 0. The Hall–Kier alpha value is -3.19. The third-order valence-corrected chi connectivity index (χ3v) is 5.18. The first kappa shape index (κ1) is 26.1. The van der Waals surface area contributed by atoms with Crippen LogP contribution in [0.2, 0.25) is 0 Å². The molecule has 0 aliphatic rings. The quantitative estimate of drug-likeness (QED) is 0.202. The van der Waals surface area contributed by atoms with Gasteiger partial charge in [0.25, 0.3) is 0 Å². The van der Waals surface area contributed by atoms with E-state index < -0.39 is 0 Å². The van der Waals surface area contributed by atoms with Crippen LogP contribution in [0.5, 0.6) is 11.5 Å². The predicted molar refractivity (Wildman–Crippen MR) is 129 cm³/mol. The molecule has 2 aromatic carbocycles. The minimum absolute atomic E-state index is 0.307. The van der Waals surface area contributed by atoms with E-state index in [0.717, 1.165) is 21.3 Å². The number of rotatable bonds is 14. The third-order valence-electron chi connectivity index (χ3n) is 4.16. The summed E-state index contributed by atoms with van der Waals surface area (Å²) >= 11 is 1.64. The smallest absolute Gasteiger partial charge is 0.333 e. The molecule has 0 N–H and O–H groups in total. The predicted octanol–water partition coefficient (Wildman–Crippen LogP) is 5.61. The molecule has 33 heavy (non-hydrogen) atoms. The van der Waals surface area contributed by atoms with Crippen LogP contribution in [0.15, 0.2) is 82.6 Å². The van der Waals surface area contributed by atoms with Crippen molar-refractivity contribution in [3.8, 4) is 11.5 Å². The molecule has 0 fully saturated rings. The zero-order valence-electron chi connectivity index (χ0n) is 19.1. The number of carbonyl (C=O) groups is 2. The molecule has 2 rings (SSSR count). The lowest BCUT2D eigenvalue weighted by molar-refractivity contribution is -0.140. The molecule has 176 valence electrons. The normalized spacial score (nSPS) is 10.2. The molecule has 0 aliphatic heterocycles. The van der Waals surface area contributed by atoms with E-state index in [-0.39, 0.29) is 11.9 Å². The van der Waals surface area contributed by atoms with Gasteiger partial charge >= 0.3 is 11.9 Å². The van der Waals surface area contributed by atoms with Crippen LogP contribution in [0, 0.1) is 0 Å². The summed E-state index contributed by atoms with van der Waals surface area (Å²) < 4.78 is 21.4. The van der Waals surface area contributed by atoms with E-state index in [4.69, 9.17) is 18.9 Å². The van der Waals surface area contributed by atoms with Gasteiger partial charge in [-0.2, -0.15) is 0 Å². The van der Waals surface area contributed by atoms with Crippen molar-refractivity contribution < 1.29 is 28.5 Å². The van der Waals surface area contributed by atoms with Crippen molar-refractivity contribution in [2.24, 2.45) is 0 Å². The Morgan fingerprint density at radius 1 is 0.667 bits per heavy atom. The molecule has 6 nitrogen and oxygen atoms in total. The van der Waals surface area contributed by atoms with Gasteiger partial charge in [-0.05, 0) is 62.4 Å². The van der Waals surface area contributed by atoms with Crippen molar-refractivity contribution in [3.63, 3.8) is 0 Å². The average Bonchev–Trinajstić information content (AvgIpc) is 2.80. The maximum absolute atomic E-state index is 11.3. The Balaban J connectivity index is 1.66. The third kappa shape index (κ3) is 10.3. The summed E-state index contributed by atoms with van der Waals surface area (Å²) in [5, 5.41) is 0. The van der Waals surface area contributed by atoms with Crippen LogP contribution in [0.4, 0.5) is 0 Å². The summed E-state index contributed by atoms with van der Waals surface area (Å²) in [5.41, 5.74) is 0.787. The van der Waals surface area contributed by atoms with Crippen LogP contribution in [0.1, 0.15) is 26.7 Å². The second-order valence-corrected chi connectivity index (χ2v) is 8.43. The molecule has 0 radical (unpaired) electrons. The van der Waals surface area contributed by atoms with Crippen LogP contribution >= 0.6 is 11.8 Å². The highest BCUT2D eigenvalue weighted by Crippen LogP contribution is 2.30. The highest BCUT2D eigenvalue weighted by atomic mass is 32.2. The topological polar surface area (TPSA) is 71.1 Å². The van der Waals surface area contributed by atoms with Gasteiger partial charge in [-0.3, -0.25) is 0 Å². The van der Waals surface area contributed by atoms with Crippen LogP contribution in [-0.2, 0) is 19.1 Å². The van der Waals surface area contributed by atoms with E-state index in [9.17, 15) is 9.59 Å². The Bertz CT molecular complexity index is 857. The minimum Gasteiger partial charge on any atom is -0.493 e. The lowest BCUT2D eigenvalue weighted by atomic mass is 10.3. The molecule has 0 spiro atoms. The molecule has 7 heteroatoms. The Morgan fingerprint density at radius 2 is 1.03 bits per heavy atom. The molecule has 0 atom stereocenters. The molecule has 0 aliphatic carbocycles. The second-order valence-electron chi connectivity index (χ2n) is 7.28. The van der Waals surface area contributed by atoms with E-state index in [2.05, 4.69) is 13.2 Å². The van der Waals surface area contributed by atoms with Crippen LogP contribution < -0.4 is 9.47 Å². The minimum atomic E-state index is -0.377. The molecule has 0 bridgehead atoms. The average molecular weight is 471 g/mol. The van der Waals surface area contributed by atoms with E-state index in [1.165, 1.54) is 0 Å². The van der Waals surface area contributed by atoms with E-state index in [1.54, 1.807) is 25.6 Å². The van der Waals surface area contributed by atoms with Gasteiger partial charge in [0.15, 0.2) is 0 Å². The molecule has 0 saturated carbocycles. The highest BCUT2D eigenvalue weighted by molar-refractivity contribution is 7.99. The molecule has 0 heterocycles. The second kappa shape index (κ2) is 14.1. The first-order chi connectivity index (χ1) is 15.8. The zero-order valence-corrected chi connectivity index (χ0v) is 19.9. The Kier molecular flexibility index (Phi) is 11.1. The standard InChI is InChI=1S/C26H30O6S/c1-19(2)25(27)31-17-5-15-29-21-7-11-23(12-8-21)33-24-13-9-22(10-14-24)30-16-6-18-32-26(28)20(3)4/h7-14H,1,3,5-6,15-18H2,2,4H3. The van der Waals surface area contributed by atoms with Crippen molar-refractivity contribution in [1.82, 2.24) is 0 Å². The van der Waals surface area contributed by atoms with Crippen molar-refractivity contribution >= 4 is 23.7 Å². The van der Waals surface area contributed by atoms with Crippen LogP contribution in [0.25, 0.3) is 0 Å². The fourth-order valence-corrected chi connectivity index (χ4v) is 3.23. The molecule has 0 unspecified atom stereocenters. The van der Waals surface area contributed by atoms with E-state index in [0.29, 0.717) is 50.4 Å². The van der Waals surface area contributed by atoms with E-state index in [1.807, 2.05) is 48.5 Å². The first-order valence-electron chi connectivity index (χ1n) is 10.6. The number of benzene rings is 2. The molecule has 0 saturated heterocycles. The lowest BCUT2D eigenvalue weighted by Crippen LogP contribution is -2.09. The van der Waals surface area contributed by atoms with Crippen molar-refractivity contribution in [3.05, 3.63) is 72.8 Å². The Labute approximate surface area is 199 Å². The van der Waals surface area contributed by atoms with Gasteiger partial charge < -0.3 is 18.9 Å². The van der Waals surface area contributed by atoms with Crippen LogP contribution in [0.3, 0.4) is 0 Å².